The lowest BCUT2D eigenvalue weighted by Crippen LogP contribution is -2.25. The molecular formula is C29H21NO3. The molecule has 1 aromatic heterocycles. The Bertz CT molecular complexity index is 1470. The molecule has 4 heteroatoms. The topological polar surface area (TPSA) is 48.3 Å². The van der Waals surface area contributed by atoms with Crippen molar-refractivity contribution in [3.05, 3.63) is 142 Å². The van der Waals surface area contributed by atoms with E-state index in [0.29, 0.717) is 34.2 Å². The number of rotatable bonds is 5. The second-order valence-electron chi connectivity index (χ2n) is 7.72. The second kappa shape index (κ2) is 8.97. The Labute approximate surface area is 191 Å². The number of fused-ring (bicyclic) bond motifs is 1. The number of ether oxygens (including phenoxy) is 1. The Hall–Kier alpha value is -4.44. The van der Waals surface area contributed by atoms with E-state index in [4.69, 9.17) is 4.74 Å². The number of pyridine rings is 1. The standard InChI is InChI=1S/C29H21NO3/c31-28-25(20-21-12-4-1-5-13-21)27(33-29(32)22-14-6-2-7-15-22)24-18-10-11-19-26(24)30(28)23-16-8-3-9-17-23/h1-19H,20H2. The van der Waals surface area contributed by atoms with Gasteiger partial charge < -0.3 is 4.74 Å². The summed E-state index contributed by atoms with van der Waals surface area (Å²) in [6.07, 6.45) is 0.342. The monoisotopic (exact) mass is 431 g/mol. The minimum absolute atomic E-state index is 0.209. The van der Waals surface area contributed by atoms with E-state index in [1.54, 1.807) is 28.8 Å². The van der Waals surface area contributed by atoms with Crippen LogP contribution in [-0.4, -0.2) is 10.5 Å². The molecular weight excluding hydrogens is 410 g/mol. The zero-order valence-electron chi connectivity index (χ0n) is 17.8. The van der Waals surface area contributed by atoms with Crippen molar-refractivity contribution < 1.29 is 9.53 Å². The Morgan fingerprint density at radius 2 is 1.27 bits per heavy atom. The fraction of sp³-hybridized carbons (Fsp3) is 0.0345. The lowest BCUT2D eigenvalue weighted by atomic mass is 10.0. The van der Waals surface area contributed by atoms with Gasteiger partial charge in [0.1, 0.15) is 5.75 Å². The van der Waals surface area contributed by atoms with Crippen LogP contribution in [0.4, 0.5) is 0 Å². The first-order chi connectivity index (χ1) is 16.2. The summed E-state index contributed by atoms with van der Waals surface area (Å²) in [6, 6.07) is 35.6. The maximum atomic E-state index is 13.9. The second-order valence-corrected chi connectivity index (χ2v) is 7.72. The Morgan fingerprint density at radius 3 is 1.97 bits per heavy atom. The summed E-state index contributed by atoms with van der Waals surface area (Å²) in [7, 11) is 0. The van der Waals surface area contributed by atoms with E-state index in [1.807, 2.05) is 91.0 Å². The van der Waals surface area contributed by atoms with Crippen LogP contribution >= 0.6 is 0 Å². The average molecular weight is 431 g/mol. The van der Waals surface area contributed by atoms with Crippen molar-refractivity contribution in [1.29, 1.82) is 0 Å². The van der Waals surface area contributed by atoms with E-state index in [1.165, 1.54) is 0 Å². The molecule has 0 amide bonds. The van der Waals surface area contributed by atoms with Crippen LogP contribution in [0.5, 0.6) is 5.75 Å². The third-order valence-corrected chi connectivity index (χ3v) is 5.57. The van der Waals surface area contributed by atoms with Gasteiger partial charge in [-0.1, -0.05) is 78.9 Å². The molecule has 0 spiro atoms. The Balaban J connectivity index is 1.76. The first kappa shape index (κ1) is 20.5. The van der Waals surface area contributed by atoms with Crippen LogP contribution < -0.4 is 10.3 Å². The summed E-state index contributed by atoms with van der Waals surface area (Å²) < 4.78 is 7.62. The Kier molecular flexibility index (Phi) is 5.56. The van der Waals surface area contributed by atoms with Gasteiger partial charge in [0.15, 0.2) is 0 Å². The van der Waals surface area contributed by atoms with Crippen molar-refractivity contribution in [3.63, 3.8) is 0 Å². The molecule has 4 nitrogen and oxygen atoms in total. The van der Waals surface area contributed by atoms with E-state index in [0.717, 1.165) is 11.3 Å². The zero-order chi connectivity index (χ0) is 22.6. The summed E-state index contributed by atoms with van der Waals surface area (Å²) in [5.74, 6) is -0.188. The number of carbonyl (C=O) groups excluding carboxylic acids is 1. The van der Waals surface area contributed by atoms with E-state index in [9.17, 15) is 9.59 Å². The summed E-state index contributed by atoms with van der Waals surface area (Å²) in [5.41, 5.74) is 3.06. The predicted octanol–water partition coefficient (Wildman–Crippen LogP) is 5.80. The molecule has 33 heavy (non-hydrogen) atoms. The van der Waals surface area contributed by atoms with Gasteiger partial charge >= 0.3 is 5.97 Å². The van der Waals surface area contributed by atoms with Gasteiger partial charge in [-0.2, -0.15) is 0 Å². The fourth-order valence-corrected chi connectivity index (χ4v) is 4.00. The third kappa shape index (κ3) is 4.06. The van der Waals surface area contributed by atoms with Crippen LogP contribution in [0.3, 0.4) is 0 Å². The van der Waals surface area contributed by atoms with Gasteiger partial charge in [0, 0.05) is 17.5 Å². The van der Waals surface area contributed by atoms with E-state index in [2.05, 4.69) is 0 Å². The average Bonchev–Trinajstić information content (AvgIpc) is 2.88. The van der Waals surface area contributed by atoms with Gasteiger partial charge in [0.05, 0.1) is 16.6 Å². The third-order valence-electron chi connectivity index (χ3n) is 5.57. The maximum absolute atomic E-state index is 13.9. The molecule has 0 fully saturated rings. The first-order valence-corrected chi connectivity index (χ1v) is 10.8. The molecule has 0 radical (unpaired) electrons. The molecule has 0 N–H and O–H groups in total. The van der Waals surface area contributed by atoms with Crippen LogP contribution in [0.1, 0.15) is 21.5 Å². The molecule has 0 aliphatic carbocycles. The molecule has 4 aromatic carbocycles. The van der Waals surface area contributed by atoms with E-state index >= 15 is 0 Å². The van der Waals surface area contributed by atoms with E-state index in [-0.39, 0.29) is 5.56 Å². The summed E-state index contributed by atoms with van der Waals surface area (Å²) in [6.45, 7) is 0. The van der Waals surface area contributed by atoms with Gasteiger partial charge in [-0.15, -0.1) is 0 Å². The maximum Gasteiger partial charge on any atom is 0.343 e. The van der Waals surface area contributed by atoms with Crippen LogP contribution in [-0.2, 0) is 6.42 Å². The van der Waals surface area contributed by atoms with Crippen molar-refractivity contribution in [1.82, 2.24) is 4.57 Å². The van der Waals surface area contributed by atoms with Gasteiger partial charge in [-0.05, 0) is 42.0 Å². The number of hydrogen-bond acceptors (Lipinski definition) is 3. The van der Waals surface area contributed by atoms with Crippen molar-refractivity contribution in [2.24, 2.45) is 0 Å². The molecule has 0 saturated heterocycles. The van der Waals surface area contributed by atoms with Crippen molar-refractivity contribution in [2.75, 3.05) is 0 Å². The fourth-order valence-electron chi connectivity index (χ4n) is 4.00. The summed E-state index contributed by atoms with van der Waals surface area (Å²) in [5, 5.41) is 0.705. The SMILES string of the molecule is O=C(Oc1c(Cc2ccccc2)c(=O)n(-c2ccccc2)c2ccccc12)c1ccccc1. The number of esters is 1. The molecule has 0 unspecified atom stereocenters. The van der Waals surface area contributed by atoms with E-state index < -0.39 is 5.97 Å². The largest absolute Gasteiger partial charge is 0.422 e. The minimum Gasteiger partial charge on any atom is -0.422 e. The van der Waals surface area contributed by atoms with Gasteiger partial charge in [0.2, 0.25) is 0 Å². The molecule has 0 aliphatic rings. The molecule has 1 heterocycles. The lowest BCUT2D eigenvalue weighted by Gasteiger charge is -2.18. The van der Waals surface area contributed by atoms with Crippen LogP contribution in [0.2, 0.25) is 0 Å². The molecule has 0 saturated carbocycles. The van der Waals surface area contributed by atoms with Crippen LogP contribution in [0.15, 0.2) is 120 Å². The van der Waals surface area contributed by atoms with Gasteiger partial charge in [0.25, 0.3) is 5.56 Å². The summed E-state index contributed by atoms with van der Waals surface area (Å²) >= 11 is 0. The number of nitrogens with zero attached hydrogens (tertiary/aromatic N) is 1. The smallest absolute Gasteiger partial charge is 0.343 e. The van der Waals surface area contributed by atoms with Crippen LogP contribution in [0.25, 0.3) is 16.6 Å². The molecule has 5 aromatic rings. The van der Waals surface area contributed by atoms with Crippen LogP contribution in [0, 0.1) is 0 Å². The zero-order valence-corrected chi connectivity index (χ0v) is 17.8. The predicted molar refractivity (Wildman–Crippen MR) is 130 cm³/mol. The van der Waals surface area contributed by atoms with Crippen molar-refractivity contribution in [3.8, 4) is 11.4 Å². The normalized spacial score (nSPS) is 10.8. The van der Waals surface area contributed by atoms with Gasteiger partial charge in [-0.3, -0.25) is 9.36 Å². The molecule has 0 bridgehead atoms. The highest BCUT2D eigenvalue weighted by Gasteiger charge is 2.22. The highest BCUT2D eigenvalue weighted by Crippen LogP contribution is 2.31. The first-order valence-electron chi connectivity index (χ1n) is 10.8. The molecule has 5 rings (SSSR count). The summed E-state index contributed by atoms with van der Waals surface area (Å²) in [4.78, 5) is 26.9. The van der Waals surface area contributed by atoms with Crippen molar-refractivity contribution in [2.45, 2.75) is 6.42 Å². The molecule has 160 valence electrons. The minimum atomic E-state index is -0.494. The number of para-hydroxylation sites is 2. The van der Waals surface area contributed by atoms with Gasteiger partial charge in [-0.25, -0.2) is 4.79 Å². The highest BCUT2D eigenvalue weighted by atomic mass is 16.5. The lowest BCUT2D eigenvalue weighted by molar-refractivity contribution is 0.0735. The number of benzene rings is 4. The Morgan fingerprint density at radius 1 is 0.697 bits per heavy atom. The number of hydrogen-bond donors (Lipinski definition) is 0. The molecule has 0 aliphatic heterocycles. The highest BCUT2D eigenvalue weighted by molar-refractivity contribution is 5.95. The number of aromatic nitrogens is 1. The number of carbonyl (C=O) groups is 1. The van der Waals surface area contributed by atoms with Crippen molar-refractivity contribution >= 4 is 16.9 Å². The quantitative estimate of drug-likeness (QED) is 0.331. The molecule has 0 atom stereocenters.